The van der Waals surface area contributed by atoms with Crippen molar-refractivity contribution in [3.05, 3.63) is 63.6 Å². The van der Waals surface area contributed by atoms with Crippen LogP contribution in [-0.4, -0.2) is 18.2 Å². The van der Waals surface area contributed by atoms with E-state index in [1.807, 2.05) is 6.07 Å². The van der Waals surface area contributed by atoms with Gasteiger partial charge in [-0.25, -0.2) is 5.43 Å². The highest BCUT2D eigenvalue weighted by molar-refractivity contribution is 6.37. The molecule has 0 aromatic heterocycles. The molecule has 1 amide bonds. The van der Waals surface area contributed by atoms with E-state index >= 15 is 0 Å². The summed E-state index contributed by atoms with van der Waals surface area (Å²) in [7, 11) is 0. The van der Waals surface area contributed by atoms with Crippen molar-refractivity contribution in [1.82, 2.24) is 5.43 Å². The molecule has 0 atom stereocenters. The molecule has 24 heavy (non-hydrogen) atoms. The molecule has 5 nitrogen and oxygen atoms in total. The molecule has 0 spiro atoms. The molecule has 0 unspecified atom stereocenters. The summed E-state index contributed by atoms with van der Waals surface area (Å²) in [5, 5.41) is 13.7. The first-order valence-corrected chi connectivity index (χ1v) is 7.66. The van der Waals surface area contributed by atoms with E-state index in [0.29, 0.717) is 32.6 Å². The van der Waals surface area contributed by atoms with E-state index < -0.39 is 5.91 Å². The summed E-state index contributed by atoms with van der Waals surface area (Å²) < 4.78 is 5.31. The third-order valence-electron chi connectivity index (χ3n) is 3.02. The van der Waals surface area contributed by atoms with Gasteiger partial charge in [-0.05, 0) is 43.3 Å². The van der Waals surface area contributed by atoms with Gasteiger partial charge in [0, 0.05) is 10.6 Å². The summed E-state index contributed by atoms with van der Waals surface area (Å²) in [4.78, 5) is 11.8. The Hall–Kier alpha value is -2.55. The van der Waals surface area contributed by atoms with Crippen molar-refractivity contribution in [1.29, 1.82) is 5.26 Å². The molecule has 122 valence electrons. The van der Waals surface area contributed by atoms with Crippen molar-refractivity contribution in [2.45, 2.75) is 6.92 Å². The largest absolute Gasteiger partial charge is 0.484 e. The third kappa shape index (κ3) is 4.98. The average Bonchev–Trinajstić information content (AvgIpc) is 2.58. The fourth-order valence-corrected chi connectivity index (χ4v) is 2.34. The summed E-state index contributed by atoms with van der Waals surface area (Å²) in [5.41, 5.74) is 4.14. The number of halogens is 2. The summed E-state index contributed by atoms with van der Waals surface area (Å²) in [6.07, 6.45) is 0. The minimum absolute atomic E-state index is 0.197. The van der Waals surface area contributed by atoms with Crippen molar-refractivity contribution >= 4 is 34.8 Å². The van der Waals surface area contributed by atoms with Crippen molar-refractivity contribution in [3.63, 3.8) is 0 Å². The number of rotatable bonds is 5. The van der Waals surface area contributed by atoms with Crippen LogP contribution < -0.4 is 10.2 Å². The Morgan fingerprint density at radius 2 is 1.96 bits per heavy atom. The number of benzene rings is 2. The normalized spacial score (nSPS) is 10.8. The van der Waals surface area contributed by atoms with Gasteiger partial charge in [0.2, 0.25) is 0 Å². The Labute approximate surface area is 149 Å². The van der Waals surface area contributed by atoms with Gasteiger partial charge >= 0.3 is 0 Å². The van der Waals surface area contributed by atoms with Crippen LogP contribution in [0.25, 0.3) is 0 Å². The molecule has 0 heterocycles. The zero-order valence-electron chi connectivity index (χ0n) is 12.7. The number of nitriles is 1. The maximum Gasteiger partial charge on any atom is 0.277 e. The number of hydrogen-bond donors (Lipinski definition) is 1. The maximum absolute atomic E-state index is 11.8. The maximum atomic E-state index is 11.8. The molecule has 0 radical (unpaired) electrons. The third-order valence-corrected chi connectivity index (χ3v) is 3.57. The second-order valence-electron chi connectivity index (χ2n) is 4.78. The minimum atomic E-state index is -0.413. The highest BCUT2D eigenvalue weighted by Gasteiger charge is 2.06. The number of carbonyl (C=O) groups is 1. The standard InChI is InChI=1S/C17H13Cl2N3O2/c1-11(15-7-4-13(18)8-16(15)19)21-22-17(23)10-24-14-5-2-12(9-20)3-6-14/h2-8H,10H2,1H3,(H,22,23)/b21-11-. The van der Waals surface area contributed by atoms with E-state index in [4.69, 9.17) is 33.2 Å². The predicted octanol–water partition coefficient (Wildman–Crippen LogP) is 3.78. The van der Waals surface area contributed by atoms with Gasteiger partial charge in [-0.2, -0.15) is 10.4 Å². The van der Waals surface area contributed by atoms with Crippen molar-refractivity contribution in [3.8, 4) is 11.8 Å². The fraction of sp³-hybridized carbons (Fsp3) is 0.118. The predicted molar refractivity (Wildman–Crippen MR) is 93.5 cm³/mol. The van der Waals surface area contributed by atoms with Crippen LogP contribution in [0.1, 0.15) is 18.1 Å². The van der Waals surface area contributed by atoms with Crippen LogP contribution >= 0.6 is 23.2 Å². The lowest BCUT2D eigenvalue weighted by molar-refractivity contribution is -0.123. The van der Waals surface area contributed by atoms with Crippen LogP contribution in [0.2, 0.25) is 10.0 Å². The molecule has 1 N–H and O–H groups in total. The topological polar surface area (TPSA) is 74.5 Å². The Morgan fingerprint density at radius 1 is 1.25 bits per heavy atom. The molecule has 0 aliphatic rings. The molecule has 0 saturated heterocycles. The van der Waals surface area contributed by atoms with Crippen molar-refractivity contribution in [2.75, 3.05) is 6.61 Å². The van der Waals surface area contributed by atoms with Crippen molar-refractivity contribution < 1.29 is 9.53 Å². The molecule has 0 aliphatic heterocycles. The van der Waals surface area contributed by atoms with Crippen LogP contribution in [0.15, 0.2) is 47.6 Å². The Balaban J connectivity index is 1.90. The van der Waals surface area contributed by atoms with Crippen molar-refractivity contribution in [2.24, 2.45) is 5.10 Å². The molecular weight excluding hydrogens is 349 g/mol. The number of hydrogen-bond acceptors (Lipinski definition) is 4. The smallest absolute Gasteiger partial charge is 0.277 e. The molecule has 2 rings (SSSR count). The SMILES string of the molecule is C/C(=N/NC(=O)COc1ccc(C#N)cc1)c1ccc(Cl)cc1Cl. The van der Waals surface area contributed by atoms with E-state index in [1.54, 1.807) is 49.4 Å². The Bertz CT molecular complexity index is 812. The van der Waals surface area contributed by atoms with Gasteiger partial charge in [-0.3, -0.25) is 4.79 Å². The molecule has 0 aliphatic carbocycles. The quantitative estimate of drug-likeness (QED) is 0.650. The molecule has 0 saturated carbocycles. The lowest BCUT2D eigenvalue weighted by Crippen LogP contribution is -2.25. The Morgan fingerprint density at radius 3 is 2.58 bits per heavy atom. The first-order chi connectivity index (χ1) is 11.5. The first-order valence-electron chi connectivity index (χ1n) is 6.91. The lowest BCUT2D eigenvalue weighted by atomic mass is 10.1. The van der Waals surface area contributed by atoms with E-state index in [2.05, 4.69) is 10.5 Å². The Kier molecular flexibility index (Phi) is 6.19. The van der Waals surface area contributed by atoms with Crippen LogP contribution in [-0.2, 0) is 4.79 Å². The first kappa shape index (κ1) is 17.8. The minimum Gasteiger partial charge on any atom is -0.484 e. The number of nitrogens with zero attached hydrogens (tertiary/aromatic N) is 2. The van der Waals surface area contributed by atoms with Gasteiger partial charge in [0.1, 0.15) is 5.75 Å². The van der Waals surface area contributed by atoms with Crippen LogP contribution in [0, 0.1) is 11.3 Å². The molecule has 2 aromatic carbocycles. The van der Waals surface area contributed by atoms with Gasteiger partial charge in [0.15, 0.2) is 6.61 Å². The highest BCUT2D eigenvalue weighted by atomic mass is 35.5. The van der Waals surface area contributed by atoms with Gasteiger partial charge in [0.05, 0.1) is 22.4 Å². The van der Waals surface area contributed by atoms with Crippen LogP contribution in [0.3, 0.4) is 0 Å². The lowest BCUT2D eigenvalue weighted by Gasteiger charge is -2.07. The van der Waals surface area contributed by atoms with E-state index in [9.17, 15) is 4.79 Å². The van der Waals surface area contributed by atoms with Crippen LogP contribution in [0.4, 0.5) is 0 Å². The molecule has 0 fully saturated rings. The molecule has 0 bridgehead atoms. The second kappa shape index (κ2) is 8.34. The summed E-state index contributed by atoms with van der Waals surface area (Å²) in [6.45, 7) is 1.52. The summed E-state index contributed by atoms with van der Waals surface area (Å²) in [6, 6.07) is 13.5. The number of ether oxygens (including phenoxy) is 1. The van der Waals surface area contributed by atoms with Gasteiger partial charge in [-0.1, -0.05) is 29.3 Å². The number of carbonyl (C=O) groups excluding carboxylic acids is 1. The van der Waals surface area contributed by atoms with E-state index in [1.165, 1.54) is 0 Å². The summed E-state index contributed by atoms with van der Waals surface area (Å²) in [5.74, 6) is 0.0781. The van der Waals surface area contributed by atoms with E-state index in [-0.39, 0.29) is 6.61 Å². The van der Waals surface area contributed by atoms with Gasteiger partial charge in [0.25, 0.3) is 5.91 Å². The van der Waals surface area contributed by atoms with Crippen LogP contribution in [0.5, 0.6) is 5.75 Å². The van der Waals surface area contributed by atoms with Gasteiger partial charge in [-0.15, -0.1) is 0 Å². The molecule has 7 heteroatoms. The zero-order chi connectivity index (χ0) is 17.5. The van der Waals surface area contributed by atoms with E-state index in [0.717, 1.165) is 0 Å². The molecule has 2 aromatic rings. The summed E-state index contributed by atoms with van der Waals surface area (Å²) >= 11 is 11.9. The average molecular weight is 362 g/mol. The molecular formula is C17H13Cl2N3O2. The van der Waals surface area contributed by atoms with Gasteiger partial charge < -0.3 is 4.74 Å². The zero-order valence-corrected chi connectivity index (χ0v) is 14.2. The number of hydrazone groups is 1. The number of nitrogens with one attached hydrogen (secondary N) is 1. The number of amides is 1. The monoisotopic (exact) mass is 361 g/mol. The highest BCUT2D eigenvalue weighted by Crippen LogP contribution is 2.21. The second-order valence-corrected chi connectivity index (χ2v) is 5.62. The fourth-order valence-electron chi connectivity index (χ4n) is 1.80.